The minimum absolute atomic E-state index is 0.0649. The second-order valence-electron chi connectivity index (χ2n) is 1.91. The Morgan fingerprint density at radius 1 is 0.917 bits per heavy atom. The number of ether oxygens (including phenoxy) is 2. The summed E-state index contributed by atoms with van der Waals surface area (Å²) >= 11 is 0. The first-order chi connectivity index (χ1) is 5.60. The van der Waals surface area contributed by atoms with Crippen LogP contribution < -0.4 is 0 Å². The van der Waals surface area contributed by atoms with Crippen molar-refractivity contribution in [2.45, 2.75) is 26.7 Å². The number of carbonyl (C=O) groups is 3. The van der Waals surface area contributed by atoms with Crippen LogP contribution in [0, 0.1) is 0 Å². The standard InChI is InChI=1S/C7H10O5/c1-3-5(8)11-7(10)12-6(9)4-2/h3-4H2,1-2H3. The van der Waals surface area contributed by atoms with Crippen molar-refractivity contribution in [2.24, 2.45) is 0 Å². The van der Waals surface area contributed by atoms with Gasteiger partial charge >= 0.3 is 18.1 Å². The number of hydrogen-bond acceptors (Lipinski definition) is 5. The molecule has 0 N–H and O–H groups in total. The Balaban J connectivity index is 3.74. The van der Waals surface area contributed by atoms with E-state index >= 15 is 0 Å². The SMILES string of the molecule is CCC(=O)OC(=O)OC(=O)CC. The molecule has 0 saturated heterocycles. The van der Waals surface area contributed by atoms with E-state index in [1.165, 1.54) is 13.8 Å². The van der Waals surface area contributed by atoms with Crippen molar-refractivity contribution in [2.75, 3.05) is 0 Å². The van der Waals surface area contributed by atoms with Crippen molar-refractivity contribution < 1.29 is 23.9 Å². The largest absolute Gasteiger partial charge is 0.524 e. The molecule has 0 spiro atoms. The molecule has 0 atom stereocenters. The zero-order chi connectivity index (χ0) is 9.56. The van der Waals surface area contributed by atoms with Crippen LogP contribution in [0.25, 0.3) is 0 Å². The van der Waals surface area contributed by atoms with Crippen LogP contribution in [0.15, 0.2) is 0 Å². The average molecular weight is 174 g/mol. The van der Waals surface area contributed by atoms with Crippen LogP contribution in [-0.2, 0) is 19.1 Å². The van der Waals surface area contributed by atoms with Crippen LogP contribution in [0.1, 0.15) is 26.7 Å². The van der Waals surface area contributed by atoms with Crippen LogP contribution in [0.2, 0.25) is 0 Å². The van der Waals surface area contributed by atoms with Crippen molar-refractivity contribution >= 4 is 18.1 Å². The molecule has 68 valence electrons. The highest BCUT2D eigenvalue weighted by molar-refractivity contribution is 5.88. The molecule has 0 saturated carbocycles. The van der Waals surface area contributed by atoms with E-state index in [2.05, 4.69) is 9.47 Å². The van der Waals surface area contributed by atoms with E-state index in [0.717, 1.165) is 0 Å². The zero-order valence-electron chi connectivity index (χ0n) is 6.96. The number of esters is 2. The Bertz CT molecular complexity index is 176. The Labute approximate surface area is 69.6 Å². The first-order valence-corrected chi connectivity index (χ1v) is 3.55. The smallest absolute Gasteiger partial charge is 0.360 e. The lowest BCUT2D eigenvalue weighted by molar-refractivity contribution is -0.145. The third kappa shape index (κ3) is 4.43. The molecule has 0 unspecified atom stereocenters. The van der Waals surface area contributed by atoms with Gasteiger partial charge in [0.25, 0.3) is 0 Å². The summed E-state index contributed by atoms with van der Waals surface area (Å²) < 4.78 is 8.10. The van der Waals surface area contributed by atoms with Crippen molar-refractivity contribution in [3.05, 3.63) is 0 Å². The van der Waals surface area contributed by atoms with Crippen molar-refractivity contribution in [3.8, 4) is 0 Å². The summed E-state index contributed by atoms with van der Waals surface area (Å²) in [6.45, 7) is 3.05. The molecule has 5 nitrogen and oxygen atoms in total. The monoisotopic (exact) mass is 174 g/mol. The summed E-state index contributed by atoms with van der Waals surface area (Å²) in [7, 11) is 0. The summed E-state index contributed by atoms with van der Waals surface area (Å²) in [5.74, 6) is -1.44. The second kappa shape index (κ2) is 5.29. The van der Waals surface area contributed by atoms with Gasteiger partial charge in [-0.25, -0.2) is 4.79 Å². The minimum atomic E-state index is -1.26. The van der Waals surface area contributed by atoms with Gasteiger partial charge in [0, 0.05) is 12.8 Å². The minimum Gasteiger partial charge on any atom is -0.360 e. The van der Waals surface area contributed by atoms with Gasteiger partial charge in [0.05, 0.1) is 0 Å². The molecule has 5 heteroatoms. The molecule has 0 rings (SSSR count). The molecular formula is C7H10O5. The third-order valence-electron chi connectivity index (χ3n) is 0.972. The molecule has 0 heterocycles. The summed E-state index contributed by atoms with van der Waals surface area (Å²) in [6.07, 6.45) is -1.13. The van der Waals surface area contributed by atoms with Gasteiger partial charge in [-0.2, -0.15) is 0 Å². The highest BCUT2D eigenvalue weighted by Crippen LogP contribution is 1.92. The summed E-state index contributed by atoms with van der Waals surface area (Å²) in [4.78, 5) is 31.4. The van der Waals surface area contributed by atoms with Gasteiger partial charge in [0.1, 0.15) is 0 Å². The maximum Gasteiger partial charge on any atom is 0.524 e. The van der Waals surface area contributed by atoms with Crippen LogP contribution >= 0.6 is 0 Å². The third-order valence-corrected chi connectivity index (χ3v) is 0.972. The molecule has 0 bridgehead atoms. The number of hydrogen-bond donors (Lipinski definition) is 0. The maximum atomic E-state index is 10.5. The van der Waals surface area contributed by atoms with E-state index in [-0.39, 0.29) is 12.8 Å². The molecule has 0 radical (unpaired) electrons. The second-order valence-corrected chi connectivity index (χ2v) is 1.91. The Kier molecular flexibility index (Phi) is 4.67. The quantitative estimate of drug-likeness (QED) is 0.461. The van der Waals surface area contributed by atoms with Gasteiger partial charge in [-0.3, -0.25) is 9.59 Å². The van der Waals surface area contributed by atoms with E-state index in [1.807, 2.05) is 0 Å². The first kappa shape index (κ1) is 10.6. The highest BCUT2D eigenvalue weighted by Gasteiger charge is 2.12. The summed E-state index contributed by atoms with van der Waals surface area (Å²) in [5.41, 5.74) is 0. The molecule has 0 aliphatic heterocycles. The van der Waals surface area contributed by atoms with Gasteiger partial charge in [-0.15, -0.1) is 0 Å². The molecule has 0 aromatic rings. The molecule has 0 aromatic heterocycles. The van der Waals surface area contributed by atoms with Crippen molar-refractivity contribution in [1.82, 2.24) is 0 Å². The lowest BCUT2D eigenvalue weighted by Gasteiger charge is -1.99. The predicted octanol–water partition coefficient (Wildman–Crippen LogP) is 1.01. The summed E-state index contributed by atoms with van der Waals surface area (Å²) in [6, 6.07) is 0. The van der Waals surface area contributed by atoms with Crippen LogP contribution in [0.3, 0.4) is 0 Å². The van der Waals surface area contributed by atoms with Crippen LogP contribution in [0.4, 0.5) is 4.79 Å². The van der Waals surface area contributed by atoms with Crippen LogP contribution in [0.5, 0.6) is 0 Å². The number of carbonyl (C=O) groups excluding carboxylic acids is 3. The normalized spacial score (nSPS) is 8.83. The Morgan fingerprint density at radius 2 is 1.25 bits per heavy atom. The van der Waals surface area contributed by atoms with E-state index in [9.17, 15) is 14.4 Å². The fraction of sp³-hybridized carbons (Fsp3) is 0.571. The van der Waals surface area contributed by atoms with E-state index in [1.54, 1.807) is 0 Å². The van der Waals surface area contributed by atoms with Crippen molar-refractivity contribution in [1.29, 1.82) is 0 Å². The Morgan fingerprint density at radius 3 is 1.50 bits per heavy atom. The molecule has 12 heavy (non-hydrogen) atoms. The maximum absolute atomic E-state index is 10.5. The van der Waals surface area contributed by atoms with E-state index in [0.29, 0.717) is 0 Å². The summed E-state index contributed by atoms with van der Waals surface area (Å²) in [5, 5.41) is 0. The highest BCUT2D eigenvalue weighted by atomic mass is 16.8. The fourth-order valence-electron chi connectivity index (χ4n) is 0.351. The van der Waals surface area contributed by atoms with Crippen molar-refractivity contribution in [3.63, 3.8) is 0 Å². The Hall–Kier alpha value is -1.39. The van der Waals surface area contributed by atoms with Gasteiger partial charge < -0.3 is 9.47 Å². The molecule has 0 aliphatic carbocycles. The van der Waals surface area contributed by atoms with Gasteiger partial charge in [-0.05, 0) is 0 Å². The molecule has 0 amide bonds. The molecular weight excluding hydrogens is 164 g/mol. The lowest BCUT2D eigenvalue weighted by atomic mass is 10.5. The number of rotatable bonds is 2. The predicted molar refractivity (Wildman–Crippen MR) is 38.2 cm³/mol. The van der Waals surface area contributed by atoms with Crippen LogP contribution in [-0.4, -0.2) is 18.1 Å². The first-order valence-electron chi connectivity index (χ1n) is 3.55. The van der Waals surface area contributed by atoms with E-state index in [4.69, 9.17) is 0 Å². The van der Waals surface area contributed by atoms with Gasteiger partial charge in [0.15, 0.2) is 0 Å². The van der Waals surface area contributed by atoms with E-state index < -0.39 is 18.1 Å². The molecule has 0 aliphatic rings. The van der Waals surface area contributed by atoms with Gasteiger partial charge in [-0.1, -0.05) is 13.8 Å². The van der Waals surface area contributed by atoms with Gasteiger partial charge in [0.2, 0.25) is 0 Å². The molecule has 0 fully saturated rings. The topological polar surface area (TPSA) is 69.7 Å². The average Bonchev–Trinajstić information content (AvgIpc) is 2.03. The lowest BCUT2D eigenvalue weighted by Crippen LogP contribution is -2.16. The molecule has 0 aromatic carbocycles. The zero-order valence-corrected chi connectivity index (χ0v) is 6.96. The fourth-order valence-corrected chi connectivity index (χ4v) is 0.351.